The van der Waals surface area contributed by atoms with E-state index >= 15 is 0 Å². The summed E-state index contributed by atoms with van der Waals surface area (Å²) in [5, 5.41) is 3.98. The molecular formula is C31H55N. The van der Waals surface area contributed by atoms with Gasteiger partial charge in [0.15, 0.2) is 0 Å². The van der Waals surface area contributed by atoms with Crippen LogP contribution < -0.4 is 5.32 Å². The van der Waals surface area contributed by atoms with Crippen molar-refractivity contribution in [3.63, 3.8) is 0 Å². The molecule has 0 spiro atoms. The predicted molar refractivity (Wildman–Crippen MR) is 143 cm³/mol. The van der Waals surface area contributed by atoms with Crippen molar-refractivity contribution in [1.29, 1.82) is 0 Å². The fourth-order valence-corrected chi connectivity index (χ4v) is 5.50. The van der Waals surface area contributed by atoms with Gasteiger partial charge in [0, 0.05) is 6.04 Å². The molecule has 1 heteroatoms. The molecule has 1 nitrogen and oxygen atoms in total. The van der Waals surface area contributed by atoms with Crippen molar-refractivity contribution in [2.75, 3.05) is 6.54 Å². The Kier molecular flexibility index (Phi) is 12.4. The van der Waals surface area contributed by atoms with Gasteiger partial charge in [-0.3, -0.25) is 0 Å². The van der Waals surface area contributed by atoms with Gasteiger partial charge in [-0.05, 0) is 73.8 Å². The Labute approximate surface area is 201 Å². The van der Waals surface area contributed by atoms with Crippen LogP contribution in [0.3, 0.4) is 0 Å². The first-order valence-electron chi connectivity index (χ1n) is 14.1. The number of unbranched alkanes of at least 4 members (excludes halogenated alkanes) is 1. The first-order valence-corrected chi connectivity index (χ1v) is 14.1. The second kappa shape index (κ2) is 14.4. The van der Waals surface area contributed by atoms with E-state index in [0.717, 1.165) is 12.0 Å². The van der Waals surface area contributed by atoms with E-state index in [1.54, 1.807) is 0 Å². The van der Waals surface area contributed by atoms with Gasteiger partial charge in [-0.15, -0.1) is 0 Å². The number of hydrogen-bond acceptors (Lipinski definition) is 1. The Morgan fingerprint density at radius 3 is 2.19 bits per heavy atom. The van der Waals surface area contributed by atoms with E-state index in [9.17, 15) is 0 Å². The maximum Gasteiger partial charge on any atom is 0.00671 e. The van der Waals surface area contributed by atoms with Crippen molar-refractivity contribution in [1.82, 2.24) is 5.32 Å². The molecule has 1 N–H and O–H groups in total. The Bertz CT molecular complexity index is 586. The van der Waals surface area contributed by atoms with Crippen LogP contribution in [0.25, 0.3) is 0 Å². The summed E-state index contributed by atoms with van der Waals surface area (Å²) in [6, 6.07) is 11.9. The number of nitrogens with one attached hydrogen (secondary N) is 1. The molecule has 0 radical (unpaired) electrons. The topological polar surface area (TPSA) is 12.0 Å². The second-order valence-corrected chi connectivity index (χ2v) is 12.1. The second-order valence-electron chi connectivity index (χ2n) is 12.1. The van der Waals surface area contributed by atoms with E-state index in [1.165, 1.54) is 108 Å². The van der Waals surface area contributed by atoms with Crippen LogP contribution in [0.15, 0.2) is 30.3 Å². The predicted octanol–water partition coefficient (Wildman–Crippen LogP) is 9.35. The van der Waals surface area contributed by atoms with Gasteiger partial charge in [0.1, 0.15) is 0 Å². The maximum atomic E-state index is 3.98. The van der Waals surface area contributed by atoms with E-state index in [-0.39, 0.29) is 0 Å². The van der Waals surface area contributed by atoms with Crippen molar-refractivity contribution < 1.29 is 0 Å². The molecule has 1 fully saturated rings. The van der Waals surface area contributed by atoms with E-state index in [0.29, 0.717) is 10.8 Å². The number of benzene rings is 1. The summed E-state index contributed by atoms with van der Waals surface area (Å²) in [7, 11) is 0. The Morgan fingerprint density at radius 1 is 0.844 bits per heavy atom. The van der Waals surface area contributed by atoms with Crippen LogP contribution in [-0.4, -0.2) is 12.6 Å². The SMILES string of the molecule is CCC(C)(C)CCCC(CCCCC(C)(CC)Cc1ccccc1)CNC1CCCCC1. The zero-order valence-electron chi connectivity index (χ0n) is 22.4. The Morgan fingerprint density at radius 2 is 1.53 bits per heavy atom. The molecule has 0 heterocycles. The van der Waals surface area contributed by atoms with Gasteiger partial charge in [-0.1, -0.05) is 116 Å². The minimum Gasteiger partial charge on any atom is -0.314 e. The molecule has 1 aromatic rings. The van der Waals surface area contributed by atoms with E-state index in [4.69, 9.17) is 0 Å². The van der Waals surface area contributed by atoms with Crippen molar-refractivity contribution in [3.05, 3.63) is 35.9 Å². The van der Waals surface area contributed by atoms with Crippen molar-refractivity contribution in [2.45, 2.75) is 137 Å². The Balaban J connectivity index is 1.78. The molecule has 0 saturated heterocycles. The minimum absolute atomic E-state index is 0.447. The zero-order valence-corrected chi connectivity index (χ0v) is 22.4. The van der Waals surface area contributed by atoms with Gasteiger partial charge in [-0.25, -0.2) is 0 Å². The van der Waals surface area contributed by atoms with Crippen LogP contribution in [0.1, 0.15) is 130 Å². The van der Waals surface area contributed by atoms with Gasteiger partial charge >= 0.3 is 0 Å². The van der Waals surface area contributed by atoms with Crippen molar-refractivity contribution in [3.8, 4) is 0 Å². The van der Waals surface area contributed by atoms with E-state index in [1.807, 2.05) is 0 Å². The summed E-state index contributed by atoms with van der Waals surface area (Å²) in [5.74, 6) is 0.867. The lowest BCUT2D eigenvalue weighted by Gasteiger charge is -2.30. The molecule has 2 rings (SSSR count). The molecule has 1 saturated carbocycles. The molecule has 1 aromatic carbocycles. The summed E-state index contributed by atoms with van der Waals surface area (Å²) < 4.78 is 0. The fraction of sp³-hybridized carbons (Fsp3) is 0.806. The molecule has 0 aromatic heterocycles. The smallest absolute Gasteiger partial charge is 0.00671 e. The third kappa shape index (κ3) is 10.9. The molecule has 1 aliphatic rings. The Hall–Kier alpha value is -0.820. The summed E-state index contributed by atoms with van der Waals surface area (Å²) in [6.45, 7) is 13.4. The van der Waals surface area contributed by atoms with Crippen molar-refractivity contribution in [2.24, 2.45) is 16.7 Å². The molecule has 0 bridgehead atoms. The summed E-state index contributed by atoms with van der Waals surface area (Å²) in [6.07, 6.45) is 20.7. The quantitative estimate of drug-likeness (QED) is 0.252. The largest absolute Gasteiger partial charge is 0.314 e. The summed E-state index contributed by atoms with van der Waals surface area (Å²) in [5.41, 5.74) is 2.47. The first kappa shape index (κ1) is 27.4. The highest BCUT2D eigenvalue weighted by molar-refractivity contribution is 5.16. The van der Waals surface area contributed by atoms with E-state index in [2.05, 4.69) is 70.3 Å². The van der Waals surface area contributed by atoms with Crippen LogP contribution in [0, 0.1) is 16.7 Å². The van der Waals surface area contributed by atoms with Gasteiger partial charge < -0.3 is 5.32 Å². The summed E-state index contributed by atoms with van der Waals surface area (Å²) >= 11 is 0. The molecule has 2 atom stereocenters. The maximum absolute atomic E-state index is 3.98. The zero-order chi connectivity index (χ0) is 23.3. The molecule has 184 valence electrons. The van der Waals surface area contributed by atoms with Crippen LogP contribution in [0.4, 0.5) is 0 Å². The van der Waals surface area contributed by atoms with Crippen LogP contribution in [-0.2, 0) is 6.42 Å². The number of hydrogen-bond donors (Lipinski definition) is 1. The average Bonchev–Trinajstić information content (AvgIpc) is 2.81. The van der Waals surface area contributed by atoms with Gasteiger partial charge in [0.2, 0.25) is 0 Å². The molecule has 0 aliphatic heterocycles. The highest BCUT2D eigenvalue weighted by atomic mass is 14.9. The fourth-order valence-electron chi connectivity index (χ4n) is 5.50. The van der Waals surface area contributed by atoms with Gasteiger partial charge in [-0.2, -0.15) is 0 Å². The van der Waals surface area contributed by atoms with Gasteiger partial charge in [0.05, 0.1) is 0 Å². The normalized spacial score (nSPS) is 18.4. The minimum atomic E-state index is 0.447. The lowest BCUT2D eigenvalue weighted by atomic mass is 9.76. The summed E-state index contributed by atoms with van der Waals surface area (Å²) in [4.78, 5) is 0. The van der Waals surface area contributed by atoms with Crippen LogP contribution in [0.2, 0.25) is 0 Å². The molecular weight excluding hydrogens is 386 g/mol. The lowest BCUT2D eigenvalue weighted by molar-refractivity contribution is 0.256. The molecule has 2 unspecified atom stereocenters. The van der Waals surface area contributed by atoms with Crippen LogP contribution >= 0.6 is 0 Å². The molecule has 0 amide bonds. The van der Waals surface area contributed by atoms with E-state index < -0.39 is 0 Å². The number of rotatable bonds is 16. The first-order chi connectivity index (χ1) is 15.4. The standard InChI is InChI=1S/C31H55N/c1-6-30(3,4)23-16-20-28(26-32-29-21-12-9-13-22-29)19-14-15-24-31(5,7-2)25-27-17-10-8-11-18-27/h8,10-11,17-18,28-29,32H,6-7,9,12-16,19-26H2,1-5H3. The highest BCUT2D eigenvalue weighted by Gasteiger charge is 2.23. The average molecular weight is 442 g/mol. The monoisotopic (exact) mass is 441 g/mol. The highest BCUT2D eigenvalue weighted by Crippen LogP contribution is 2.34. The van der Waals surface area contributed by atoms with Crippen LogP contribution in [0.5, 0.6) is 0 Å². The third-order valence-electron chi connectivity index (χ3n) is 8.69. The molecule has 1 aliphatic carbocycles. The lowest BCUT2D eigenvalue weighted by Crippen LogP contribution is -2.35. The van der Waals surface area contributed by atoms with Crippen molar-refractivity contribution >= 4 is 0 Å². The third-order valence-corrected chi connectivity index (χ3v) is 8.69. The molecule has 32 heavy (non-hydrogen) atoms. The van der Waals surface area contributed by atoms with Gasteiger partial charge in [0.25, 0.3) is 0 Å².